The average Bonchev–Trinajstić information content (AvgIpc) is 2.61. The minimum absolute atomic E-state index is 0.214. The summed E-state index contributed by atoms with van der Waals surface area (Å²) in [5.74, 6) is 0.995. The van der Waals surface area contributed by atoms with E-state index in [9.17, 15) is 4.79 Å². The Balaban J connectivity index is 2.64. The number of nitrogens with zero attached hydrogens (tertiary/aromatic N) is 2. The van der Waals surface area contributed by atoms with Gasteiger partial charge >= 0.3 is 5.97 Å². The number of ether oxygens (including phenoxy) is 1. The third-order valence-corrected chi connectivity index (χ3v) is 2.79. The number of aromatic nitrogens is 2. The fourth-order valence-electron chi connectivity index (χ4n) is 1.31. The summed E-state index contributed by atoms with van der Waals surface area (Å²) in [6, 6.07) is 0. The molecule has 5 nitrogen and oxygen atoms in total. The van der Waals surface area contributed by atoms with Crippen molar-refractivity contribution < 1.29 is 9.53 Å². The molecule has 0 bridgehead atoms. The summed E-state index contributed by atoms with van der Waals surface area (Å²) in [6.07, 6.45) is 4.65. The number of thioether (sulfide) groups is 1. The predicted molar refractivity (Wildman–Crippen MR) is 65.6 cm³/mol. The lowest BCUT2D eigenvalue weighted by molar-refractivity contribution is 0.0521. The highest BCUT2D eigenvalue weighted by Gasteiger charge is 2.16. The first-order valence-corrected chi connectivity index (χ1v) is 6.56. The zero-order valence-corrected chi connectivity index (χ0v) is 10.4. The standard InChI is InChI=1S/C10H17N3O2S/c1-3-15-10(14)8-9(11)13(7-12-8)5-4-6-16-2/h7H,3-6,11H2,1-2H3. The zero-order chi connectivity index (χ0) is 12.0. The number of hydrogen-bond acceptors (Lipinski definition) is 5. The van der Waals surface area contributed by atoms with Crippen molar-refractivity contribution in [2.75, 3.05) is 24.3 Å². The van der Waals surface area contributed by atoms with Crippen molar-refractivity contribution in [1.82, 2.24) is 9.55 Å². The quantitative estimate of drug-likeness (QED) is 0.604. The molecular weight excluding hydrogens is 226 g/mol. The number of imidazole rings is 1. The lowest BCUT2D eigenvalue weighted by Gasteiger charge is -2.04. The largest absolute Gasteiger partial charge is 0.461 e. The summed E-state index contributed by atoms with van der Waals surface area (Å²) >= 11 is 1.78. The van der Waals surface area contributed by atoms with Gasteiger partial charge in [0.2, 0.25) is 0 Å². The molecule has 1 rings (SSSR count). The average molecular weight is 243 g/mol. The summed E-state index contributed by atoms with van der Waals surface area (Å²) in [5, 5.41) is 0. The van der Waals surface area contributed by atoms with Gasteiger partial charge in [0.15, 0.2) is 5.69 Å². The number of rotatable bonds is 6. The van der Waals surface area contributed by atoms with Crippen LogP contribution in [0.15, 0.2) is 6.33 Å². The lowest BCUT2D eigenvalue weighted by atomic mass is 10.4. The van der Waals surface area contributed by atoms with Crippen LogP contribution in [0.5, 0.6) is 0 Å². The van der Waals surface area contributed by atoms with E-state index in [2.05, 4.69) is 11.2 Å². The number of esters is 1. The number of nitrogen functional groups attached to an aromatic ring is 1. The molecule has 90 valence electrons. The second-order valence-corrected chi connectivity index (χ2v) is 4.22. The van der Waals surface area contributed by atoms with Crippen LogP contribution in [-0.2, 0) is 11.3 Å². The highest BCUT2D eigenvalue weighted by molar-refractivity contribution is 7.98. The Kier molecular flexibility index (Phi) is 5.18. The van der Waals surface area contributed by atoms with Crippen molar-refractivity contribution in [3.05, 3.63) is 12.0 Å². The van der Waals surface area contributed by atoms with E-state index in [1.807, 2.05) is 0 Å². The van der Waals surface area contributed by atoms with Gasteiger partial charge in [-0.1, -0.05) is 0 Å². The Hall–Kier alpha value is -1.17. The topological polar surface area (TPSA) is 70.1 Å². The maximum atomic E-state index is 11.4. The van der Waals surface area contributed by atoms with Crippen molar-refractivity contribution in [3.8, 4) is 0 Å². The number of carbonyl (C=O) groups excluding carboxylic acids is 1. The van der Waals surface area contributed by atoms with Crippen LogP contribution < -0.4 is 5.73 Å². The number of aryl methyl sites for hydroxylation is 1. The molecule has 0 aliphatic carbocycles. The van der Waals surface area contributed by atoms with E-state index in [-0.39, 0.29) is 5.69 Å². The summed E-state index contributed by atoms with van der Waals surface area (Å²) in [6.45, 7) is 2.86. The third-order valence-electron chi connectivity index (χ3n) is 2.09. The highest BCUT2D eigenvalue weighted by atomic mass is 32.2. The number of hydrogen-bond donors (Lipinski definition) is 1. The Morgan fingerprint density at radius 2 is 2.44 bits per heavy atom. The zero-order valence-electron chi connectivity index (χ0n) is 9.60. The summed E-state index contributed by atoms with van der Waals surface area (Å²) < 4.78 is 6.63. The SMILES string of the molecule is CCOC(=O)c1ncn(CCCSC)c1N. The van der Waals surface area contributed by atoms with E-state index in [1.165, 1.54) is 0 Å². The van der Waals surface area contributed by atoms with Gasteiger partial charge in [-0.2, -0.15) is 11.8 Å². The molecule has 0 radical (unpaired) electrons. The number of anilines is 1. The fourth-order valence-corrected chi connectivity index (χ4v) is 1.72. The number of nitrogens with two attached hydrogens (primary N) is 1. The highest BCUT2D eigenvalue weighted by Crippen LogP contribution is 2.12. The second-order valence-electron chi connectivity index (χ2n) is 3.24. The maximum absolute atomic E-state index is 11.4. The van der Waals surface area contributed by atoms with Gasteiger partial charge in [-0.25, -0.2) is 9.78 Å². The van der Waals surface area contributed by atoms with Gasteiger partial charge in [-0.15, -0.1) is 0 Å². The molecule has 0 fully saturated rings. The van der Waals surface area contributed by atoms with Crippen molar-refractivity contribution in [2.24, 2.45) is 0 Å². The predicted octanol–water partition coefficient (Wildman–Crippen LogP) is 1.40. The molecule has 0 unspecified atom stereocenters. The molecule has 6 heteroatoms. The van der Waals surface area contributed by atoms with Crippen molar-refractivity contribution in [3.63, 3.8) is 0 Å². The van der Waals surface area contributed by atoms with Crippen LogP contribution >= 0.6 is 11.8 Å². The van der Waals surface area contributed by atoms with Crippen LogP contribution in [0.3, 0.4) is 0 Å². The Bertz CT molecular complexity index is 352. The van der Waals surface area contributed by atoms with Gasteiger partial charge in [0.25, 0.3) is 0 Å². The van der Waals surface area contributed by atoms with Gasteiger partial charge < -0.3 is 15.0 Å². The van der Waals surface area contributed by atoms with E-state index in [0.717, 1.165) is 18.7 Å². The summed E-state index contributed by atoms with van der Waals surface area (Å²) in [7, 11) is 0. The molecule has 0 aliphatic rings. The normalized spacial score (nSPS) is 10.4. The molecule has 16 heavy (non-hydrogen) atoms. The Morgan fingerprint density at radius 1 is 1.69 bits per heavy atom. The van der Waals surface area contributed by atoms with Gasteiger partial charge in [0.1, 0.15) is 5.82 Å². The second kappa shape index (κ2) is 6.42. The van der Waals surface area contributed by atoms with E-state index in [4.69, 9.17) is 10.5 Å². The molecule has 0 amide bonds. The van der Waals surface area contributed by atoms with Gasteiger partial charge in [-0.3, -0.25) is 0 Å². The molecule has 1 heterocycles. The Labute approximate surface area is 99.4 Å². The van der Waals surface area contributed by atoms with Crippen LogP contribution in [0.2, 0.25) is 0 Å². The minimum atomic E-state index is -0.455. The van der Waals surface area contributed by atoms with E-state index >= 15 is 0 Å². The molecule has 2 N–H and O–H groups in total. The van der Waals surface area contributed by atoms with E-state index in [1.54, 1.807) is 29.6 Å². The van der Waals surface area contributed by atoms with Crippen molar-refractivity contribution in [2.45, 2.75) is 19.9 Å². The molecular formula is C10H17N3O2S. The Morgan fingerprint density at radius 3 is 3.06 bits per heavy atom. The van der Waals surface area contributed by atoms with Gasteiger partial charge in [0, 0.05) is 6.54 Å². The fraction of sp³-hybridized carbons (Fsp3) is 0.600. The van der Waals surface area contributed by atoms with Crippen LogP contribution in [0.25, 0.3) is 0 Å². The van der Waals surface area contributed by atoms with Crippen LogP contribution in [-0.4, -0.2) is 34.1 Å². The molecule has 0 atom stereocenters. The molecule has 0 aromatic carbocycles. The molecule has 1 aromatic heterocycles. The first kappa shape index (κ1) is 12.9. The summed E-state index contributed by atoms with van der Waals surface area (Å²) in [5.41, 5.74) is 6.02. The minimum Gasteiger partial charge on any atom is -0.461 e. The maximum Gasteiger partial charge on any atom is 0.360 e. The van der Waals surface area contributed by atoms with Crippen LogP contribution in [0.1, 0.15) is 23.8 Å². The first-order chi connectivity index (χ1) is 7.70. The van der Waals surface area contributed by atoms with E-state index < -0.39 is 5.97 Å². The molecule has 1 aromatic rings. The van der Waals surface area contributed by atoms with Crippen molar-refractivity contribution in [1.29, 1.82) is 0 Å². The van der Waals surface area contributed by atoms with Crippen molar-refractivity contribution >= 4 is 23.5 Å². The lowest BCUT2D eigenvalue weighted by Crippen LogP contribution is -2.10. The third kappa shape index (κ3) is 3.16. The first-order valence-electron chi connectivity index (χ1n) is 5.17. The van der Waals surface area contributed by atoms with E-state index in [0.29, 0.717) is 12.4 Å². The van der Waals surface area contributed by atoms with Gasteiger partial charge in [0.05, 0.1) is 12.9 Å². The van der Waals surface area contributed by atoms with Gasteiger partial charge in [-0.05, 0) is 25.4 Å². The monoisotopic (exact) mass is 243 g/mol. The molecule has 0 spiro atoms. The van der Waals surface area contributed by atoms with Crippen LogP contribution in [0.4, 0.5) is 5.82 Å². The molecule has 0 aliphatic heterocycles. The van der Waals surface area contributed by atoms with Crippen LogP contribution in [0, 0.1) is 0 Å². The number of carbonyl (C=O) groups is 1. The molecule has 0 saturated heterocycles. The smallest absolute Gasteiger partial charge is 0.360 e. The summed E-state index contributed by atoms with van der Waals surface area (Å²) in [4.78, 5) is 15.4. The molecule has 0 saturated carbocycles.